The van der Waals surface area contributed by atoms with Crippen LogP contribution in [0.4, 0.5) is 0 Å². The number of rotatable bonds is 6. The lowest BCUT2D eigenvalue weighted by Gasteiger charge is -2.24. The van der Waals surface area contributed by atoms with Gasteiger partial charge in [0, 0.05) is 12.0 Å². The van der Waals surface area contributed by atoms with E-state index in [0.29, 0.717) is 12.2 Å². The zero-order valence-corrected chi connectivity index (χ0v) is 21.2. The van der Waals surface area contributed by atoms with Crippen LogP contribution in [-0.4, -0.2) is 5.97 Å². The van der Waals surface area contributed by atoms with Crippen molar-refractivity contribution in [3.05, 3.63) is 120 Å². The molecule has 3 heteroatoms. The van der Waals surface area contributed by atoms with Crippen LogP contribution >= 0.6 is 7.92 Å². The first-order valence-electron chi connectivity index (χ1n) is 12.5. The number of carbonyl (C=O) groups is 1. The van der Waals surface area contributed by atoms with Gasteiger partial charge in [-0.25, -0.2) is 0 Å². The lowest BCUT2D eigenvalue weighted by molar-refractivity contribution is -0.133. The van der Waals surface area contributed by atoms with Crippen LogP contribution in [0.1, 0.15) is 24.5 Å². The lowest BCUT2D eigenvalue weighted by atomic mass is 9.94. The van der Waals surface area contributed by atoms with Crippen molar-refractivity contribution >= 4 is 40.6 Å². The summed E-state index contributed by atoms with van der Waals surface area (Å²) in [5.74, 6) is 0.467. The maximum Gasteiger partial charge on any atom is 0.310 e. The molecule has 0 saturated carbocycles. The molecule has 5 aromatic rings. The molecule has 0 spiro atoms. The van der Waals surface area contributed by atoms with E-state index in [1.54, 1.807) is 0 Å². The zero-order chi connectivity index (χ0) is 24.5. The molecule has 0 amide bonds. The largest absolute Gasteiger partial charge is 0.426 e. The second-order valence-corrected chi connectivity index (χ2v) is 11.3. The molecule has 1 aliphatic rings. The van der Waals surface area contributed by atoms with E-state index < -0.39 is 7.92 Å². The predicted molar refractivity (Wildman–Crippen MR) is 151 cm³/mol. The van der Waals surface area contributed by atoms with Crippen LogP contribution in [0.5, 0.6) is 5.75 Å². The van der Waals surface area contributed by atoms with Gasteiger partial charge in [0.05, 0.1) is 0 Å². The highest BCUT2D eigenvalue weighted by Crippen LogP contribution is 2.46. The van der Waals surface area contributed by atoms with Crippen LogP contribution < -0.4 is 20.7 Å². The first kappa shape index (κ1) is 22.7. The molecule has 0 aromatic heterocycles. The Bertz CT molecular complexity index is 1520. The molecule has 0 atom stereocenters. The molecule has 0 radical (unpaired) electrons. The normalized spacial score (nSPS) is 12.3. The van der Waals surface area contributed by atoms with Crippen molar-refractivity contribution in [3.8, 4) is 16.9 Å². The van der Waals surface area contributed by atoms with Gasteiger partial charge in [0.15, 0.2) is 0 Å². The molecular weight excluding hydrogens is 459 g/mol. The number of esters is 1. The second kappa shape index (κ2) is 9.72. The molecule has 2 nitrogen and oxygen atoms in total. The maximum atomic E-state index is 12.6. The summed E-state index contributed by atoms with van der Waals surface area (Å²) in [7, 11) is -0.822. The Morgan fingerprint density at radius 2 is 1.39 bits per heavy atom. The Morgan fingerprint density at radius 1 is 0.750 bits per heavy atom. The van der Waals surface area contributed by atoms with Crippen molar-refractivity contribution < 1.29 is 9.53 Å². The van der Waals surface area contributed by atoms with Crippen LogP contribution in [0, 0.1) is 0 Å². The lowest BCUT2D eigenvalue weighted by Crippen LogP contribution is -2.22. The molecule has 36 heavy (non-hydrogen) atoms. The third kappa shape index (κ3) is 4.02. The smallest absolute Gasteiger partial charge is 0.310 e. The van der Waals surface area contributed by atoms with Gasteiger partial charge in [-0.15, -0.1) is 0 Å². The molecule has 0 unspecified atom stereocenters. The van der Waals surface area contributed by atoms with E-state index in [4.69, 9.17) is 4.74 Å². The Kier molecular flexibility index (Phi) is 6.13. The monoisotopic (exact) mass is 486 g/mol. The highest BCUT2D eigenvalue weighted by molar-refractivity contribution is 7.80. The number of ether oxygens (including phenoxy) is 1. The molecule has 1 aliphatic carbocycles. The number of hydrogen-bond acceptors (Lipinski definition) is 2. The van der Waals surface area contributed by atoms with Gasteiger partial charge in [0.2, 0.25) is 0 Å². The van der Waals surface area contributed by atoms with E-state index in [2.05, 4.69) is 109 Å². The van der Waals surface area contributed by atoms with Gasteiger partial charge >= 0.3 is 5.97 Å². The maximum absolute atomic E-state index is 12.6. The highest BCUT2D eigenvalue weighted by Gasteiger charge is 2.26. The van der Waals surface area contributed by atoms with Gasteiger partial charge in [-0.2, -0.15) is 0 Å². The summed E-state index contributed by atoms with van der Waals surface area (Å²) < 4.78 is 6.04. The molecular formula is C33H27O2P. The van der Waals surface area contributed by atoms with Crippen molar-refractivity contribution in [2.75, 3.05) is 0 Å². The van der Waals surface area contributed by atoms with Gasteiger partial charge in [-0.1, -0.05) is 110 Å². The molecule has 0 aliphatic heterocycles. The second-order valence-electron chi connectivity index (χ2n) is 9.10. The van der Waals surface area contributed by atoms with Gasteiger partial charge < -0.3 is 4.74 Å². The Hall–Kier alpha value is -3.74. The summed E-state index contributed by atoms with van der Waals surface area (Å²) >= 11 is 0. The Morgan fingerprint density at radius 3 is 2.08 bits per heavy atom. The van der Waals surface area contributed by atoms with E-state index in [9.17, 15) is 4.79 Å². The third-order valence-corrected chi connectivity index (χ3v) is 9.41. The van der Waals surface area contributed by atoms with Crippen molar-refractivity contribution in [2.45, 2.75) is 26.2 Å². The van der Waals surface area contributed by atoms with Crippen molar-refractivity contribution in [3.63, 3.8) is 0 Å². The fraction of sp³-hybridized carbons (Fsp3) is 0.121. The van der Waals surface area contributed by atoms with E-state index >= 15 is 0 Å². The quantitative estimate of drug-likeness (QED) is 0.152. The zero-order valence-electron chi connectivity index (χ0n) is 20.3. The number of aryl methyl sites for hydroxylation is 2. The Labute approximate surface area is 213 Å². The Balaban J connectivity index is 1.66. The van der Waals surface area contributed by atoms with Crippen molar-refractivity contribution in [1.29, 1.82) is 0 Å². The standard InChI is InChI=1S/C33H27O2P/c1-2-31(34)35-29-22-24-21-20-23-12-11-18-28(32(23)24)33(29)27-17-9-10-19-30(27)36(25-13-5-3-6-14-25)26-15-7-4-8-16-26/h3-19,22H,2,20-21H2,1H3. The summed E-state index contributed by atoms with van der Waals surface area (Å²) in [5, 5.41) is 6.35. The minimum Gasteiger partial charge on any atom is -0.426 e. The fourth-order valence-electron chi connectivity index (χ4n) is 5.31. The molecule has 0 saturated heterocycles. The average Bonchev–Trinajstić information content (AvgIpc) is 3.35. The minimum atomic E-state index is -0.822. The minimum absolute atomic E-state index is 0.206. The van der Waals surface area contributed by atoms with E-state index in [1.807, 2.05) is 6.92 Å². The average molecular weight is 487 g/mol. The summed E-state index contributed by atoms with van der Waals surface area (Å²) in [4.78, 5) is 12.6. The number of carbonyl (C=O) groups excluding carboxylic acids is 1. The molecule has 0 N–H and O–H groups in total. The summed E-state index contributed by atoms with van der Waals surface area (Å²) in [6.45, 7) is 1.85. The van der Waals surface area contributed by atoms with Crippen LogP contribution in [0.3, 0.4) is 0 Å². The number of benzene rings is 5. The molecule has 176 valence electrons. The molecule has 0 fully saturated rings. The van der Waals surface area contributed by atoms with Gasteiger partial charge in [-0.05, 0) is 70.2 Å². The van der Waals surface area contributed by atoms with E-state index in [0.717, 1.165) is 24.0 Å². The summed E-state index contributed by atoms with van der Waals surface area (Å²) in [6.07, 6.45) is 2.35. The van der Waals surface area contributed by atoms with Crippen LogP contribution in [0.15, 0.2) is 109 Å². The summed E-state index contributed by atoms with van der Waals surface area (Å²) in [5.41, 5.74) is 4.80. The van der Waals surface area contributed by atoms with Crippen LogP contribution in [0.25, 0.3) is 21.9 Å². The SMILES string of the molecule is CCC(=O)Oc1cc2c3c(cccc3c1-c1ccccc1P(c1ccccc1)c1ccccc1)CC2. The third-order valence-electron chi connectivity index (χ3n) is 6.91. The van der Waals surface area contributed by atoms with Crippen molar-refractivity contribution in [1.82, 2.24) is 0 Å². The van der Waals surface area contributed by atoms with Gasteiger partial charge in [0.25, 0.3) is 0 Å². The number of hydrogen-bond donors (Lipinski definition) is 0. The van der Waals surface area contributed by atoms with Gasteiger partial charge in [0.1, 0.15) is 5.75 Å². The van der Waals surface area contributed by atoms with Crippen molar-refractivity contribution in [2.24, 2.45) is 0 Å². The molecule has 6 rings (SSSR count). The fourth-order valence-corrected chi connectivity index (χ4v) is 7.77. The molecule has 0 heterocycles. The molecule has 5 aromatic carbocycles. The van der Waals surface area contributed by atoms with Crippen LogP contribution in [-0.2, 0) is 17.6 Å². The highest BCUT2D eigenvalue weighted by atomic mass is 31.1. The van der Waals surface area contributed by atoms with E-state index in [-0.39, 0.29) is 5.97 Å². The predicted octanol–water partition coefficient (Wildman–Crippen LogP) is 6.68. The first-order chi connectivity index (χ1) is 17.7. The van der Waals surface area contributed by atoms with E-state index in [1.165, 1.54) is 37.8 Å². The first-order valence-corrected chi connectivity index (χ1v) is 13.9. The topological polar surface area (TPSA) is 26.3 Å². The summed E-state index contributed by atoms with van der Waals surface area (Å²) in [6, 6.07) is 38.8. The van der Waals surface area contributed by atoms with Crippen LogP contribution in [0.2, 0.25) is 0 Å². The molecule has 0 bridgehead atoms. The van der Waals surface area contributed by atoms with Gasteiger partial charge in [-0.3, -0.25) is 4.79 Å².